The van der Waals surface area contributed by atoms with Gasteiger partial charge in [-0.05, 0) is 49.9 Å². The highest BCUT2D eigenvalue weighted by Crippen LogP contribution is 2.40. The number of allylic oxidation sites excluding steroid dienone is 1. The number of rotatable bonds is 0. The third kappa shape index (κ3) is 1.80. The molecule has 0 atom stereocenters. The van der Waals surface area contributed by atoms with Crippen LogP contribution >= 0.6 is 0 Å². The number of benzene rings is 1. The van der Waals surface area contributed by atoms with E-state index >= 15 is 0 Å². The van der Waals surface area contributed by atoms with Crippen molar-refractivity contribution < 1.29 is 9.84 Å². The van der Waals surface area contributed by atoms with Gasteiger partial charge in [0.15, 0.2) is 0 Å². The molecular formula is C14H17NO2. The molecule has 3 heteroatoms. The zero-order chi connectivity index (χ0) is 11.9. The molecule has 0 radical (unpaired) electrons. The summed E-state index contributed by atoms with van der Waals surface area (Å²) in [7, 11) is 0. The molecule has 0 aliphatic carbocycles. The summed E-state index contributed by atoms with van der Waals surface area (Å²) in [5.41, 5.74) is 2.07. The van der Waals surface area contributed by atoms with Crippen LogP contribution in [-0.4, -0.2) is 23.8 Å². The molecule has 3 nitrogen and oxygen atoms in total. The Morgan fingerprint density at radius 3 is 2.82 bits per heavy atom. The lowest BCUT2D eigenvalue weighted by atomic mass is 9.86. The summed E-state index contributed by atoms with van der Waals surface area (Å²) in [6.45, 7) is 4.08. The van der Waals surface area contributed by atoms with Crippen LogP contribution in [0.2, 0.25) is 0 Å². The first-order chi connectivity index (χ1) is 8.19. The van der Waals surface area contributed by atoms with E-state index in [-0.39, 0.29) is 5.60 Å². The SMILES string of the molecule is CC1=CC2(CCNCC2)Oc2ccc(O)cc21. The van der Waals surface area contributed by atoms with Crippen LogP contribution in [0.5, 0.6) is 11.5 Å². The van der Waals surface area contributed by atoms with E-state index in [2.05, 4.69) is 18.3 Å². The number of hydrogen-bond acceptors (Lipinski definition) is 3. The van der Waals surface area contributed by atoms with Gasteiger partial charge in [-0.3, -0.25) is 0 Å². The number of nitrogens with one attached hydrogen (secondary N) is 1. The number of aromatic hydroxyl groups is 1. The maximum atomic E-state index is 9.52. The van der Waals surface area contributed by atoms with Gasteiger partial charge in [-0.2, -0.15) is 0 Å². The molecule has 3 rings (SSSR count). The number of piperidine rings is 1. The first-order valence-corrected chi connectivity index (χ1v) is 6.11. The molecule has 1 saturated heterocycles. The quantitative estimate of drug-likeness (QED) is 0.720. The molecule has 17 heavy (non-hydrogen) atoms. The lowest BCUT2D eigenvalue weighted by Crippen LogP contribution is -2.46. The van der Waals surface area contributed by atoms with Gasteiger partial charge in [0.1, 0.15) is 17.1 Å². The first-order valence-electron chi connectivity index (χ1n) is 6.11. The smallest absolute Gasteiger partial charge is 0.130 e. The zero-order valence-corrected chi connectivity index (χ0v) is 9.99. The summed E-state index contributed by atoms with van der Waals surface area (Å²) >= 11 is 0. The van der Waals surface area contributed by atoms with Crippen LogP contribution in [0.4, 0.5) is 0 Å². The van der Waals surface area contributed by atoms with E-state index in [0.717, 1.165) is 37.2 Å². The lowest BCUT2D eigenvalue weighted by molar-refractivity contribution is 0.0814. The van der Waals surface area contributed by atoms with Crippen molar-refractivity contribution in [1.29, 1.82) is 0 Å². The van der Waals surface area contributed by atoms with E-state index in [9.17, 15) is 5.11 Å². The van der Waals surface area contributed by atoms with Crippen LogP contribution in [0.1, 0.15) is 25.3 Å². The van der Waals surface area contributed by atoms with Gasteiger partial charge in [-0.15, -0.1) is 0 Å². The highest BCUT2D eigenvalue weighted by molar-refractivity contribution is 5.73. The normalized spacial score (nSPS) is 21.6. The molecule has 1 aromatic rings. The van der Waals surface area contributed by atoms with Crippen molar-refractivity contribution in [3.8, 4) is 11.5 Å². The number of phenolic OH excluding ortho intramolecular Hbond substituents is 1. The van der Waals surface area contributed by atoms with Crippen molar-refractivity contribution in [3.63, 3.8) is 0 Å². The Morgan fingerprint density at radius 2 is 2.06 bits per heavy atom. The van der Waals surface area contributed by atoms with E-state index in [1.807, 2.05) is 6.07 Å². The van der Waals surface area contributed by atoms with E-state index in [1.165, 1.54) is 5.57 Å². The molecule has 0 amide bonds. The summed E-state index contributed by atoms with van der Waals surface area (Å²) in [6, 6.07) is 5.33. The molecule has 0 unspecified atom stereocenters. The predicted octanol–water partition coefficient (Wildman–Crippen LogP) is 2.31. The molecule has 90 valence electrons. The summed E-state index contributed by atoms with van der Waals surface area (Å²) in [4.78, 5) is 0. The Kier molecular flexibility index (Phi) is 2.37. The average molecular weight is 231 g/mol. The number of hydrogen-bond donors (Lipinski definition) is 2. The van der Waals surface area contributed by atoms with Crippen LogP contribution in [0.15, 0.2) is 24.3 Å². The first kappa shape index (κ1) is 10.7. The molecule has 2 aliphatic rings. The Hall–Kier alpha value is -1.48. The Bertz CT molecular complexity index is 473. The van der Waals surface area contributed by atoms with Crippen molar-refractivity contribution in [3.05, 3.63) is 29.8 Å². The fourth-order valence-corrected chi connectivity index (χ4v) is 2.73. The molecule has 0 bridgehead atoms. The van der Waals surface area contributed by atoms with Crippen LogP contribution in [-0.2, 0) is 0 Å². The molecule has 0 aromatic heterocycles. The van der Waals surface area contributed by atoms with Crippen molar-refractivity contribution in [2.75, 3.05) is 13.1 Å². The van der Waals surface area contributed by atoms with E-state index in [4.69, 9.17) is 4.74 Å². The molecule has 1 aromatic carbocycles. The molecule has 2 heterocycles. The fourth-order valence-electron chi connectivity index (χ4n) is 2.73. The average Bonchev–Trinajstić information content (AvgIpc) is 2.31. The van der Waals surface area contributed by atoms with Gasteiger partial charge in [-0.1, -0.05) is 0 Å². The van der Waals surface area contributed by atoms with Crippen LogP contribution in [0.25, 0.3) is 5.57 Å². The second kappa shape index (κ2) is 3.77. The van der Waals surface area contributed by atoms with Crippen molar-refractivity contribution in [1.82, 2.24) is 5.32 Å². The van der Waals surface area contributed by atoms with Gasteiger partial charge in [-0.25, -0.2) is 0 Å². The Morgan fingerprint density at radius 1 is 1.29 bits per heavy atom. The van der Waals surface area contributed by atoms with Gasteiger partial charge < -0.3 is 15.2 Å². The zero-order valence-electron chi connectivity index (χ0n) is 9.99. The maximum absolute atomic E-state index is 9.52. The van der Waals surface area contributed by atoms with E-state index in [0.29, 0.717) is 5.75 Å². The highest BCUT2D eigenvalue weighted by atomic mass is 16.5. The second-order valence-electron chi connectivity index (χ2n) is 4.92. The highest BCUT2D eigenvalue weighted by Gasteiger charge is 2.35. The minimum Gasteiger partial charge on any atom is -0.508 e. The van der Waals surface area contributed by atoms with Crippen LogP contribution in [0.3, 0.4) is 0 Å². The molecule has 1 spiro atoms. The van der Waals surface area contributed by atoms with Gasteiger partial charge in [0.05, 0.1) is 0 Å². The summed E-state index contributed by atoms with van der Waals surface area (Å²) in [5.74, 6) is 1.19. The second-order valence-corrected chi connectivity index (χ2v) is 4.92. The third-order valence-corrected chi connectivity index (χ3v) is 3.63. The number of ether oxygens (including phenoxy) is 1. The van der Waals surface area contributed by atoms with Gasteiger partial charge in [0.2, 0.25) is 0 Å². The molecule has 1 fully saturated rings. The summed E-state index contributed by atoms with van der Waals surface area (Å²) in [6.07, 6.45) is 4.23. The lowest BCUT2D eigenvalue weighted by Gasteiger charge is -2.39. The Labute approximate surface area is 101 Å². The van der Waals surface area contributed by atoms with E-state index < -0.39 is 0 Å². The molecular weight excluding hydrogens is 214 g/mol. The van der Waals surface area contributed by atoms with Crippen molar-refractivity contribution >= 4 is 5.57 Å². The molecule has 2 N–H and O–H groups in total. The molecule has 0 saturated carbocycles. The standard InChI is InChI=1S/C14H17NO2/c1-10-9-14(4-6-15-7-5-14)17-13-3-2-11(16)8-12(10)13/h2-3,8-9,15-16H,4-7H2,1H3. The number of fused-ring (bicyclic) bond motifs is 1. The fraction of sp³-hybridized carbons (Fsp3) is 0.429. The van der Waals surface area contributed by atoms with E-state index in [1.54, 1.807) is 12.1 Å². The maximum Gasteiger partial charge on any atom is 0.130 e. The van der Waals surface area contributed by atoms with Crippen LogP contribution in [0, 0.1) is 0 Å². The van der Waals surface area contributed by atoms with Crippen molar-refractivity contribution in [2.24, 2.45) is 0 Å². The summed E-state index contributed by atoms with van der Waals surface area (Å²) < 4.78 is 6.16. The van der Waals surface area contributed by atoms with Gasteiger partial charge >= 0.3 is 0 Å². The van der Waals surface area contributed by atoms with Crippen molar-refractivity contribution in [2.45, 2.75) is 25.4 Å². The topological polar surface area (TPSA) is 41.5 Å². The third-order valence-electron chi connectivity index (χ3n) is 3.63. The van der Waals surface area contributed by atoms with Gasteiger partial charge in [0.25, 0.3) is 0 Å². The number of phenols is 1. The predicted molar refractivity (Wildman–Crippen MR) is 67.2 cm³/mol. The largest absolute Gasteiger partial charge is 0.508 e. The van der Waals surface area contributed by atoms with Crippen LogP contribution < -0.4 is 10.1 Å². The summed E-state index contributed by atoms with van der Waals surface area (Å²) in [5, 5.41) is 12.9. The minimum absolute atomic E-state index is 0.140. The Balaban J connectivity index is 2.02. The minimum atomic E-state index is -0.140. The molecule has 2 aliphatic heterocycles. The monoisotopic (exact) mass is 231 g/mol. The van der Waals surface area contributed by atoms with Gasteiger partial charge in [0, 0.05) is 18.4 Å².